The van der Waals surface area contributed by atoms with Crippen LogP contribution in [0.15, 0.2) is 24.5 Å². The highest BCUT2D eigenvalue weighted by Gasteiger charge is 1.98. The van der Waals surface area contributed by atoms with Crippen molar-refractivity contribution in [3.63, 3.8) is 0 Å². The van der Waals surface area contributed by atoms with Crippen LogP contribution in [0, 0.1) is 0 Å². The van der Waals surface area contributed by atoms with Crippen molar-refractivity contribution in [2.45, 2.75) is 26.7 Å². The van der Waals surface area contributed by atoms with Crippen molar-refractivity contribution < 1.29 is 17.2 Å². The molecule has 16 heavy (non-hydrogen) atoms. The number of nitrogens with zero attached hydrogens (tertiary/aromatic N) is 1. The first-order valence-electron chi connectivity index (χ1n) is 5.00. The fourth-order valence-electron chi connectivity index (χ4n) is 0.987. The first-order valence-corrected chi connectivity index (χ1v) is 6.36. The Hall–Kier alpha value is -0.980. The van der Waals surface area contributed by atoms with E-state index in [-0.39, 0.29) is 6.61 Å². The second kappa shape index (κ2) is 8.20. The third-order valence-electron chi connectivity index (χ3n) is 1.55. The average Bonchev–Trinajstić information content (AvgIpc) is 2.19. The maximum atomic E-state index is 9.56. The van der Waals surface area contributed by atoms with Gasteiger partial charge in [-0.3, -0.25) is 9.54 Å². The summed E-state index contributed by atoms with van der Waals surface area (Å²) in [6.45, 7) is 3.62. The Morgan fingerprint density at radius 3 is 2.19 bits per heavy atom. The van der Waals surface area contributed by atoms with Crippen molar-refractivity contribution in [3.05, 3.63) is 30.1 Å². The normalized spacial score (nSPS) is 10.4. The average molecular weight is 247 g/mol. The third-order valence-corrected chi connectivity index (χ3v) is 2.09. The lowest BCUT2D eigenvalue weighted by atomic mass is 10.2. The zero-order valence-electron chi connectivity index (χ0n) is 9.46. The van der Waals surface area contributed by atoms with Crippen LogP contribution in [0.3, 0.4) is 0 Å². The molecule has 1 aromatic rings. The van der Waals surface area contributed by atoms with Gasteiger partial charge in [0.25, 0.3) is 0 Å². The summed E-state index contributed by atoms with van der Waals surface area (Å²) in [6.07, 6.45) is 6.06. The smallest absolute Gasteiger partial charge is 0.265 e. The van der Waals surface area contributed by atoms with Crippen LogP contribution in [0.5, 0.6) is 0 Å². The number of aromatic nitrogens is 1. The van der Waals surface area contributed by atoms with E-state index < -0.39 is 10.4 Å². The minimum atomic E-state index is -4.17. The van der Waals surface area contributed by atoms with Crippen LogP contribution in [-0.2, 0) is 21.0 Å². The summed E-state index contributed by atoms with van der Waals surface area (Å²) in [7, 11) is -4.17. The van der Waals surface area contributed by atoms with E-state index in [4.69, 9.17) is 4.55 Å². The second-order valence-corrected chi connectivity index (χ2v) is 4.03. The molecule has 0 fully saturated rings. The lowest BCUT2D eigenvalue weighted by Crippen LogP contribution is -2.01. The summed E-state index contributed by atoms with van der Waals surface area (Å²) >= 11 is 0. The zero-order valence-corrected chi connectivity index (χ0v) is 10.3. The number of pyridine rings is 1. The molecular formula is C10H17NO4S. The molecule has 5 nitrogen and oxygen atoms in total. The maximum Gasteiger partial charge on any atom is 0.397 e. The van der Waals surface area contributed by atoms with Crippen LogP contribution in [0.25, 0.3) is 0 Å². The molecular weight excluding hydrogens is 230 g/mol. The van der Waals surface area contributed by atoms with Crippen LogP contribution in [0.4, 0.5) is 0 Å². The molecule has 6 heteroatoms. The van der Waals surface area contributed by atoms with Gasteiger partial charge in [-0.2, -0.15) is 8.42 Å². The number of aryl methyl sites for hydroxylation is 1. The highest BCUT2D eigenvalue weighted by Crippen LogP contribution is 1.98. The molecule has 1 rings (SSSR count). The number of rotatable bonds is 4. The first-order chi connectivity index (χ1) is 7.49. The molecule has 0 saturated heterocycles. The van der Waals surface area contributed by atoms with Gasteiger partial charge in [-0.15, -0.1) is 0 Å². The summed E-state index contributed by atoms with van der Waals surface area (Å²) in [6, 6.07) is 4.12. The molecule has 0 aliphatic rings. The minimum absolute atomic E-state index is 0.0289. The fourth-order valence-corrected chi connectivity index (χ4v) is 1.28. The van der Waals surface area contributed by atoms with Crippen molar-refractivity contribution >= 4 is 10.4 Å². The first kappa shape index (κ1) is 15.0. The quantitative estimate of drug-likeness (QED) is 0.822. The molecule has 0 aliphatic carbocycles. The zero-order chi connectivity index (χ0) is 12.4. The van der Waals surface area contributed by atoms with Crippen molar-refractivity contribution in [2.75, 3.05) is 6.61 Å². The molecule has 0 spiro atoms. The van der Waals surface area contributed by atoms with Crippen molar-refractivity contribution in [1.29, 1.82) is 0 Å². The molecule has 1 aromatic heterocycles. The Morgan fingerprint density at radius 2 is 1.88 bits per heavy atom. The topological polar surface area (TPSA) is 76.5 Å². The lowest BCUT2D eigenvalue weighted by Gasteiger charge is -1.93. The molecule has 0 aliphatic heterocycles. The molecule has 0 bridgehead atoms. The summed E-state index contributed by atoms with van der Waals surface area (Å²) in [5.41, 5.74) is 1.38. The van der Waals surface area contributed by atoms with Gasteiger partial charge < -0.3 is 0 Å². The predicted octanol–water partition coefficient (Wildman–Crippen LogP) is 1.86. The Labute approximate surface area is 96.4 Å². The minimum Gasteiger partial charge on any atom is -0.265 e. The Bertz CT molecular complexity index is 364. The van der Waals surface area contributed by atoms with Crippen LogP contribution < -0.4 is 0 Å². The largest absolute Gasteiger partial charge is 0.397 e. The summed E-state index contributed by atoms with van der Waals surface area (Å²) in [5.74, 6) is 0. The standard InChI is InChI=1S/C8H11N.C2H6O4S/c1-2-3-8-4-6-9-7-5-8;1-2-6-7(3,4)5/h4-7H,2-3H2,1H3;2H2,1H3,(H,3,4,5). The van der Waals surface area contributed by atoms with E-state index in [1.807, 2.05) is 12.4 Å². The fraction of sp³-hybridized carbons (Fsp3) is 0.500. The molecule has 1 N–H and O–H groups in total. The molecule has 0 amide bonds. The summed E-state index contributed by atoms with van der Waals surface area (Å²) < 4.78 is 30.7. The SMILES string of the molecule is CCCc1ccncc1.CCOS(=O)(=O)O. The highest BCUT2D eigenvalue weighted by atomic mass is 32.3. The molecule has 0 unspecified atom stereocenters. The summed E-state index contributed by atoms with van der Waals surface area (Å²) in [4.78, 5) is 3.93. The van der Waals surface area contributed by atoms with E-state index in [9.17, 15) is 8.42 Å². The molecule has 92 valence electrons. The van der Waals surface area contributed by atoms with Crippen LogP contribution in [0.2, 0.25) is 0 Å². The van der Waals surface area contributed by atoms with Crippen LogP contribution >= 0.6 is 0 Å². The van der Waals surface area contributed by atoms with E-state index in [0.29, 0.717) is 0 Å². The molecule has 1 heterocycles. The third kappa shape index (κ3) is 9.57. The van der Waals surface area contributed by atoms with Crippen molar-refractivity contribution in [1.82, 2.24) is 4.98 Å². The Balaban J connectivity index is 0.000000293. The van der Waals surface area contributed by atoms with Gasteiger partial charge in [0.1, 0.15) is 0 Å². The van der Waals surface area contributed by atoms with Gasteiger partial charge in [-0.25, -0.2) is 4.18 Å². The van der Waals surface area contributed by atoms with E-state index >= 15 is 0 Å². The summed E-state index contributed by atoms with van der Waals surface area (Å²) in [5, 5.41) is 0. The highest BCUT2D eigenvalue weighted by molar-refractivity contribution is 7.80. The maximum absolute atomic E-state index is 9.56. The van der Waals surface area contributed by atoms with Gasteiger partial charge in [0.2, 0.25) is 0 Å². The van der Waals surface area contributed by atoms with Gasteiger partial charge in [0, 0.05) is 12.4 Å². The molecule has 0 saturated carbocycles. The predicted molar refractivity (Wildman–Crippen MR) is 61.4 cm³/mol. The number of hydrogen-bond donors (Lipinski definition) is 1. The van der Waals surface area contributed by atoms with E-state index in [1.54, 1.807) is 0 Å². The van der Waals surface area contributed by atoms with Crippen LogP contribution in [0.1, 0.15) is 25.8 Å². The van der Waals surface area contributed by atoms with E-state index in [2.05, 4.69) is 28.2 Å². The van der Waals surface area contributed by atoms with Gasteiger partial charge in [0.05, 0.1) is 6.61 Å². The van der Waals surface area contributed by atoms with Crippen molar-refractivity contribution in [2.24, 2.45) is 0 Å². The van der Waals surface area contributed by atoms with Gasteiger partial charge in [-0.05, 0) is 31.0 Å². The Kier molecular flexibility index (Phi) is 7.70. The van der Waals surface area contributed by atoms with E-state index in [1.165, 1.54) is 25.3 Å². The lowest BCUT2D eigenvalue weighted by molar-refractivity contribution is 0.283. The van der Waals surface area contributed by atoms with Crippen LogP contribution in [-0.4, -0.2) is 24.6 Å². The van der Waals surface area contributed by atoms with E-state index in [0.717, 1.165) is 0 Å². The molecule has 0 radical (unpaired) electrons. The molecule has 0 aromatic carbocycles. The molecule has 0 atom stereocenters. The Morgan fingerprint density at radius 1 is 1.31 bits per heavy atom. The van der Waals surface area contributed by atoms with Crippen molar-refractivity contribution in [3.8, 4) is 0 Å². The number of hydrogen-bond acceptors (Lipinski definition) is 4. The van der Waals surface area contributed by atoms with Gasteiger partial charge in [-0.1, -0.05) is 13.3 Å². The van der Waals surface area contributed by atoms with Gasteiger partial charge >= 0.3 is 10.4 Å². The van der Waals surface area contributed by atoms with Gasteiger partial charge in [0.15, 0.2) is 0 Å². The monoisotopic (exact) mass is 247 g/mol. The second-order valence-electron chi connectivity index (χ2n) is 2.94.